The van der Waals surface area contributed by atoms with E-state index in [4.69, 9.17) is 16.3 Å². The summed E-state index contributed by atoms with van der Waals surface area (Å²) >= 11 is 5.83. The highest BCUT2D eigenvalue weighted by atomic mass is 35.5. The summed E-state index contributed by atoms with van der Waals surface area (Å²) in [6.45, 7) is 0. The molecule has 0 aromatic heterocycles. The van der Waals surface area contributed by atoms with Crippen LogP contribution in [-0.4, -0.2) is 16.0 Å². The number of phenolic OH excluding ortho intramolecular Hbond substituents is 1. The molecule has 0 fully saturated rings. The Balaban J connectivity index is 1.95. The standard InChI is InChI=1S/C16H11ClN2O5/c17-9-5-6-14(20)12(7-9)18-8-13(19(22)23)15-10-3-1-2-4-11(10)16(21)24-15/h1-8,15,18,20H/t15-/m1/s1. The molecule has 0 saturated carbocycles. The number of ether oxygens (including phenoxy) is 1. The molecule has 0 saturated heterocycles. The van der Waals surface area contributed by atoms with E-state index in [-0.39, 0.29) is 17.1 Å². The second-order valence-electron chi connectivity index (χ2n) is 5.00. The van der Waals surface area contributed by atoms with Gasteiger partial charge in [-0.3, -0.25) is 10.1 Å². The van der Waals surface area contributed by atoms with E-state index in [0.29, 0.717) is 16.1 Å². The van der Waals surface area contributed by atoms with Crippen LogP contribution in [0.1, 0.15) is 22.0 Å². The van der Waals surface area contributed by atoms with Crippen molar-refractivity contribution in [3.8, 4) is 5.75 Å². The average molecular weight is 347 g/mol. The van der Waals surface area contributed by atoms with Crippen LogP contribution < -0.4 is 5.32 Å². The van der Waals surface area contributed by atoms with Crippen LogP contribution in [0.4, 0.5) is 5.69 Å². The maximum absolute atomic E-state index is 11.8. The zero-order valence-electron chi connectivity index (χ0n) is 12.1. The zero-order valence-corrected chi connectivity index (χ0v) is 12.9. The lowest BCUT2D eigenvalue weighted by atomic mass is 10.0. The Labute approximate surface area is 141 Å². The Morgan fingerprint density at radius 1 is 1.33 bits per heavy atom. The first-order chi connectivity index (χ1) is 11.5. The lowest BCUT2D eigenvalue weighted by Crippen LogP contribution is -2.12. The fourth-order valence-corrected chi connectivity index (χ4v) is 2.54. The monoisotopic (exact) mass is 346 g/mol. The van der Waals surface area contributed by atoms with Gasteiger partial charge >= 0.3 is 11.7 Å². The number of fused-ring (bicyclic) bond motifs is 1. The van der Waals surface area contributed by atoms with E-state index in [9.17, 15) is 20.0 Å². The van der Waals surface area contributed by atoms with Crippen LogP contribution in [0.25, 0.3) is 0 Å². The maximum Gasteiger partial charge on any atom is 0.339 e. The molecule has 0 unspecified atom stereocenters. The lowest BCUT2D eigenvalue weighted by molar-refractivity contribution is -0.436. The predicted octanol–water partition coefficient (Wildman–Crippen LogP) is 3.49. The van der Waals surface area contributed by atoms with Gasteiger partial charge in [-0.15, -0.1) is 0 Å². The highest BCUT2D eigenvalue weighted by Gasteiger charge is 2.39. The van der Waals surface area contributed by atoms with Crippen molar-refractivity contribution >= 4 is 23.3 Å². The van der Waals surface area contributed by atoms with Crippen molar-refractivity contribution in [3.63, 3.8) is 0 Å². The Hall–Kier alpha value is -3.06. The number of anilines is 1. The summed E-state index contributed by atoms with van der Waals surface area (Å²) in [6.07, 6.45) is -0.0525. The number of nitrogens with one attached hydrogen (secondary N) is 1. The number of aromatic hydroxyl groups is 1. The van der Waals surface area contributed by atoms with E-state index in [0.717, 1.165) is 6.20 Å². The third-order valence-corrected chi connectivity index (χ3v) is 3.74. The number of carbonyl (C=O) groups excluding carboxylic acids is 1. The van der Waals surface area contributed by atoms with Crippen molar-refractivity contribution in [2.24, 2.45) is 0 Å². The van der Waals surface area contributed by atoms with Gasteiger partial charge in [0, 0.05) is 10.6 Å². The summed E-state index contributed by atoms with van der Waals surface area (Å²) in [6, 6.07) is 10.7. The van der Waals surface area contributed by atoms with E-state index in [1.54, 1.807) is 24.3 Å². The van der Waals surface area contributed by atoms with E-state index in [2.05, 4.69) is 5.32 Å². The highest BCUT2D eigenvalue weighted by Crippen LogP contribution is 2.36. The van der Waals surface area contributed by atoms with Crippen LogP contribution in [0.3, 0.4) is 0 Å². The number of cyclic esters (lactones) is 1. The average Bonchev–Trinajstić information content (AvgIpc) is 2.88. The van der Waals surface area contributed by atoms with Gasteiger partial charge in [-0.1, -0.05) is 29.8 Å². The molecule has 0 amide bonds. The number of esters is 1. The number of carbonyl (C=O) groups is 1. The SMILES string of the molecule is O=C1O[C@@H](C(=CNc2cc(Cl)ccc2O)[N+](=O)[O-])c2ccccc21. The predicted molar refractivity (Wildman–Crippen MR) is 86.4 cm³/mol. The maximum atomic E-state index is 11.8. The van der Waals surface area contributed by atoms with Crippen molar-refractivity contribution in [1.29, 1.82) is 0 Å². The smallest absolute Gasteiger partial charge is 0.339 e. The molecular weight excluding hydrogens is 336 g/mol. The number of hydrogen-bond acceptors (Lipinski definition) is 6. The van der Waals surface area contributed by atoms with E-state index in [1.165, 1.54) is 18.2 Å². The van der Waals surface area contributed by atoms with Gasteiger partial charge in [-0.25, -0.2) is 4.79 Å². The van der Waals surface area contributed by atoms with Gasteiger partial charge in [0.1, 0.15) is 5.75 Å². The summed E-state index contributed by atoms with van der Waals surface area (Å²) in [5.41, 5.74) is 0.538. The Morgan fingerprint density at radius 3 is 2.83 bits per heavy atom. The van der Waals surface area contributed by atoms with Crippen LogP contribution in [0.15, 0.2) is 54.4 Å². The molecule has 0 aliphatic carbocycles. The molecule has 1 atom stereocenters. The van der Waals surface area contributed by atoms with Gasteiger partial charge in [0.05, 0.1) is 22.4 Å². The summed E-state index contributed by atoms with van der Waals surface area (Å²) in [5, 5.41) is 24.1. The minimum absolute atomic E-state index is 0.123. The van der Waals surface area contributed by atoms with Crippen molar-refractivity contribution in [3.05, 3.63) is 80.6 Å². The molecule has 2 aromatic rings. The molecule has 3 rings (SSSR count). The Kier molecular flexibility index (Phi) is 4.09. The molecule has 1 heterocycles. The van der Waals surface area contributed by atoms with Gasteiger partial charge in [0.2, 0.25) is 6.10 Å². The first-order valence-electron chi connectivity index (χ1n) is 6.87. The third-order valence-electron chi connectivity index (χ3n) is 3.50. The van der Waals surface area contributed by atoms with Gasteiger partial charge < -0.3 is 15.2 Å². The van der Waals surface area contributed by atoms with E-state index in [1.807, 2.05) is 0 Å². The molecule has 1 aliphatic rings. The molecule has 2 aromatic carbocycles. The van der Waals surface area contributed by atoms with Gasteiger partial charge in [-0.05, 0) is 24.3 Å². The zero-order chi connectivity index (χ0) is 17.3. The Bertz CT molecular complexity index is 865. The number of phenols is 1. The van der Waals surface area contributed by atoms with Crippen LogP contribution >= 0.6 is 11.6 Å². The van der Waals surface area contributed by atoms with Crippen LogP contribution in [0.5, 0.6) is 5.75 Å². The molecular formula is C16H11ClN2O5. The second-order valence-corrected chi connectivity index (χ2v) is 5.44. The molecule has 24 heavy (non-hydrogen) atoms. The molecule has 122 valence electrons. The number of halogens is 1. The van der Waals surface area contributed by atoms with Gasteiger partial charge in [0.15, 0.2) is 0 Å². The fraction of sp³-hybridized carbons (Fsp3) is 0.0625. The number of benzene rings is 2. The van der Waals surface area contributed by atoms with Crippen molar-refractivity contribution < 1.29 is 19.6 Å². The van der Waals surface area contributed by atoms with Crippen molar-refractivity contribution in [2.75, 3.05) is 5.32 Å². The first-order valence-corrected chi connectivity index (χ1v) is 7.24. The van der Waals surface area contributed by atoms with E-state index < -0.39 is 17.0 Å². The minimum atomic E-state index is -1.13. The summed E-state index contributed by atoms with van der Waals surface area (Å²) in [4.78, 5) is 22.6. The normalized spacial score (nSPS) is 16.5. The lowest BCUT2D eigenvalue weighted by Gasteiger charge is -2.09. The molecule has 0 spiro atoms. The highest BCUT2D eigenvalue weighted by molar-refractivity contribution is 6.30. The minimum Gasteiger partial charge on any atom is -0.506 e. The molecule has 1 aliphatic heterocycles. The summed E-state index contributed by atoms with van der Waals surface area (Å²) in [5.74, 6) is -0.740. The van der Waals surface area contributed by atoms with Crippen LogP contribution in [0, 0.1) is 10.1 Å². The third kappa shape index (κ3) is 2.89. The molecule has 0 radical (unpaired) electrons. The van der Waals surface area contributed by atoms with Crippen LogP contribution in [0.2, 0.25) is 5.02 Å². The number of nitro groups is 1. The number of hydrogen-bond donors (Lipinski definition) is 2. The first kappa shape index (κ1) is 15.8. The van der Waals surface area contributed by atoms with Crippen molar-refractivity contribution in [2.45, 2.75) is 6.10 Å². The topological polar surface area (TPSA) is 102 Å². The molecule has 2 N–H and O–H groups in total. The number of rotatable bonds is 4. The number of nitrogens with zero attached hydrogens (tertiary/aromatic N) is 1. The second kappa shape index (κ2) is 6.21. The van der Waals surface area contributed by atoms with Crippen molar-refractivity contribution in [1.82, 2.24) is 0 Å². The quantitative estimate of drug-likeness (QED) is 0.380. The Morgan fingerprint density at radius 2 is 2.08 bits per heavy atom. The summed E-state index contributed by atoms with van der Waals surface area (Å²) in [7, 11) is 0. The summed E-state index contributed by atoms with van der Waals surface area (Å²) < 4.78 is 5.12. The van der Waals surface area contributed by atoms with E-state index >= 15 is 0 Å². The molecule has 7 nitrogen and oxygen atoms in total. The van der Waals surface area contributed by atoms with Gasteiger partial charge in [0.25, 0.3) is 0 Å². The molecule has 8 heteroatoms. The fourth-order valence-electron chi connectivity index (χ4n) is 2.36. The van der Waals surface area contributed by atoms with Crippen LogP contribution in [-0.2, 0) is 4.74 Å². The molecule has 0 bridgehead atoms. The van der Waals surface area contributed by atoms with Gasteiger partial charge in [-0.2, -0.15) is 0 Å². The largest absolute Gasteiger partial charge is 0.506 e.